The van der Waals surface area contributed by atoms with E-state index in [2.05, 4.69) is 6.07 Å². The molecule has 2 nitrogen and oxygen atoms in total. The number of allylic oxidation sites excluding steroid dienone is 2. The molecule has 4 rings (SSSR count). The van der Waals surface area contributed by atoms with Gasteiger partial charge in [0.05, 0.1) is 10.2 Å². The largest absolute Gasteiger partial charge is 0.290 e. The molecule has 0 aliphatic rings. The fourth-order valence-corrected chi connectivity index (χ4v) is 3.94. The summed E-state index contributed by atoms with van der Waals surface area (Å²) in [5.41, 5.74) is 3.91. The minimum atomic E-state index is -0.0750. The van der Waals surface area contributed by atoms with Crippen LogP contribution in [0.5, 0.6) is 0 Å². The molecule has 0 N–H and O–H groups in total. The molecule has 4 heteroatoms. The Morgan fingerprint density at radius 2 is 1.57 bits per heavy atom. The van der Waals surface area contributed by atoms with Crippen molar-refractivity contribution in [3.05, 3.63) is 101 Å². The summed E-state index contributed by atoms with van der Waals surface area (Å²) in [5, 5.41) is 1.63. The van der Waals surface area contributed by atoms with Crippen LogP contribution >= 0.6 is 22.9 Å². The smallest absolute Gasteiger partial charge is 0.178 e. The Morgan fingerprint density at radius 1 is 0.857 bits per heavy atom. The van der Waals surface area contributed by atoms with Crippen molar-refractivity contribution in [1.29, 1.82) is 0 Å². The third-order valence-electron chi connectivity index (χ3n) is 4.22. The molecule has 3 aromatic carbocycles. The van der Waals surface area contributed by atoms with Crippen molar-refractivity contribution in [3.8, 4) is 10.6 Å². The molecule has 1 aromatic heterocycles. The summed E-state index contributed by atoms with van der Waals surface area (Å²) in [6, 6.07) is 23.4. The standard InChI is InChI=1S/C24H16ClNOS/c25-19-13-9-17(10-14-19)11-15-20(27)16-12-18-5-1-2-6-21(18)24-26-22-7-3-4-8-23(22)28-24/h1-16H. The topological polar surface area (TPSA) is 30.0 Å². The molecule has 0 unspecified atom stereocenters. The molecular formula is C24H16ClNOS. The monoisotopic (exact) mass is 401 g/mol. The molecule has 0 saturated carbocycles. The van der Waals surface area contributed by atoms with Crippen LogP contribution in [0.2, 0.25) is 5.02 Å². The van der Waals surface area contributed by atoms with Crippen LogP contribution in [0.25, 0.3) is 32.9 Å². The van der Waals surface area contributed by atoms with Gasteiger partial charge < -0.3 is 0 Å². The van der Waals surface area contributed by atoms with E-state index in [1.165, 1.54) is 0 Å². The molecule has 0 spiro atoms. The normalized spacial score (nSPS) is 11.6. The SMILES string of the molecule is O=C(C=Cc1ccc(Cl)cc1)C=Cc1ccccc1-c1nc2ccccc2s1. The van der Waals surface area contributed by atoms with Crippen LogP contribution in [-0.4, -0.2) is 10.8 Å². The van der Waals surface area contributed by atoms with E-state index in [0.29, 0.717) is 5.02 Å². The lowest BCUT2D eigenvalue weighted by Gasteiger charge is -2.01. The highest BCUT2D eigenvalue weighted by Gasteiger charge is 2.08. The maximum atomic E-state index is 12.2. The van der Waals surface area contributed by atoms with E-state index in [4.69, 9.17) is 16.6 Å². The number of hydrogen-bond acceptors (Lipinski definition) is 3. The zero-order valence-electron chi connectivity index (χ0n) is 14.9. The second-order valence-corrected chi connectivity index (χ2v) is 7.66. The quantitative estimate of drug-likeness (QED) is 0.340. The Morgan fingerprint density at radius 3 is 2.39 bits per heavy atom. The zero-order valence-corrected chi connectivity index (χ0v) is 16.5. The number of ketones is 1. The number of hydrogen-bond donors (Lipinski definition) is 0. The maximum absolute atomic E-state index is 12.2. The first-order chi connectivity index (χ1) is 13.7. The number of para-hydroxylation sites is 1. The minimum absolute atomic E-state index is 0.0750. The van der Waals surface area contributed by atoms with Crippen molar-refractivity contribution >= 4 is 51.1 Å². The van der Waals surface area contributed by atoms with Gasteiger partial charge in [0, 0.05) is 10.6 Å². The number of fused-ring (bicyclic) bond motifs is 1. The van der Waals surface area contributed by atoms with Crippen molar-refractivity contribution in [1.82, 2.24) is 4.98 Å². The molecule has 0 fully saturated rings. The Labute approximate surface area is 172 Å². The molecular weight excluding hydrogens is 386 g/mol. The van der Waals surface area contributed by atoms with E-state index in [-0.39, 0.29) is 5.78 Å². The fraction of sp³-hybridized carbons (Fsp3) is 0. The van der Waals surface area contributed by atoms with Gasteiger partial charge in [-0.05, 0) is 47.5 Å². The van der Waals surface area contributed by atoms with E-state index in [9.17, 15) is 4.79 Å². The Hall–Kier alpha value is -3.01. The van der Waals surface area contributed by atoms with Crippen LogP contribution in [0.4, 0.5) is 0 Å². The van der Waals surface area contributed by atoms with E-state index < -0.39 is 0 Å². The molecule has 4 aromatic rings. The van der Waals surface area contributed by atoms with Crippen LogP contribution in [0.1, 0.15) is 11.1 Å². The van der Waals surface area contributed by atoms with Gasteiger partial charge >= 0.3 is 0 Å². The fourth-order valence-electron chi connectivity index (χ4n) is 2.80. The van der Waals surface area contributed by atoms with Gasteiger partial charge in [-0.1, -0.05) is 72.3 Å². The lowest BCUT2D eigenvalue weighted by molar-refractivity contribution is -0.110. The van der Waals surface area contributed by atoms with Gasteiger partial charge in [0.1, 0.15) is 5.01 Å². The second-order valence-electron chi connectivity index (χ2n) is 6.19. The van der Waals surface area contributed by atoms with Gasteiger partial charge in [-0.2, -0.15) is 0 Å². The van der Waals surface area contributed by atoms with E-state index in [0.717, 1.165) is 31.9 Å². The predicted molar refractivity (Wildman–Crippen MR) is 120 cm³/mol. The van der Waals surface area contributed by atoms with Crippen molar-refractivity contribution in [3.63, 3.8) is 0 Å². The molecule has 0 saturated heterocycles. The summed E-state index contributed by atoms with van der Waals surface area (Å²) < 4.78 is 1.15. The predicted octanol–water partition coefficient (Wildman–Crippen LogP) is 6.91. The molecule has 0 bridgehead atoms. The number of thiazole rings is 1. The summed E-state index contributed by atoms with van der Waals surface area (Å²) in [6.07, 6.45) is 6.76. The molecule has 28 heavy (non-hydrogen) atoms. The molecule has 136 valence electrons. The van der Waals surface area contributed by atoms with Gasteiger partial charge in [0.2, 0.25) is 0 Å². The molecule has 0 amide bonds. The molecule has 0 aliphatic carbocycles. The Balaban J connectivity index is 1.56. The summed E-state index contributed by atoms with van der Waals surface area (Å²) >= 11 is 7.53. The summed E-state index contributed by atoms with van der Waals surface area (Å²) in [6.45, 7) is 0. The number of halogens is 1. The van der Waals surface area contributed by atoms with Crippen molar-refractivity contribution in [2.45, 2.75) is 0 Å². The van der Waals surface area contributed by atoms with Crippen molar-refractivity contribution in [2.24, 2.45) is 0 Å². The van der Waals surface area contributed by atoms with Gasteiger partial charge in [0.25, 0.3) is 0 Å². The molecule has 0 aliphatic heterocycles. The van der Waals surface area contributed by atoms with Crippen LogP contribution in [0, 0.1) is 0 Å². The first kappa shape index (κ1) is 18.4. The van der Waals surface area contributed by atoms with Gasteiger partial charge in [0.15, 0.2) is 5.78 Å². The van der Waals surface area contributed by atoms with Crippen LogP contribution < -0.4 is 0 Å². The summed E-state index contributed by atoms with van der Waals surface area (Å²) in [7, 11) is 0. The van der Waals surface area contributed by atoms with E-state index >= 15 is 0 Å². The average Bonchev–Trinajstić information content (AvgIpc) is 3.16. The van der Waals surface area contributed by atoms with Crippen LogP contribution in [0.3, 0.4) is 0 Å². The van der Waals surface area contributed by atoms with Crippen LogP contribution in [0.15, 0.2) is 84.9 Å². The number of rotatable bonds is 5. The zero-order chi connectivity index (χ0) is 19.3. The number of carbonyl (C=O) groups excluding carboxylic acids is 1. The minimum Gasteiger partial charge on any atom is -0.290 e. The van der Waals surface area contributed by atoms with Crippen molar-refractivity contribution < 1.29 is 4.79 Å². The average molecular weight is 402 g/mol. The number of benzene rings is 3. The van der Waals surface area contributed by atoms with Gasteiger partial charge in [-0.3, -0.25) is 4.79 Å². The van der Waals surface area contributed by atoms with Gasteiger partial charge in [-0.25, -0.2) is 4.98 Å². The third-order valence-corrected chi connectivity index (χ3v) is 5.54. The molecule has 0 radical (unpaired) electrons. The number of carbonyl (C=O) groups is 1. The van der Waals surface area contributed by atoms with Crippen molar-refractivity contribution in [2.75, 3.05) is 0 Å². The highest BCUT2D eigenvalue weighted by atomic mass is 35.5. The lowest BCUT2D eigenvalue weighted by atomic mass is 10.1. The summed E-state index contributed by atoms with van der Waals surface area (Å²) in [5.74, 6) is -0.0750. The van der Waals surface area contributed by atoms with E-state index in [1.807, 2.05) is 60.7 Å². The Bertz CT molecular complexity index is 1160. The third kappa shape index (κ3) is 4.28. The summed E-state index contributed by atoms with van der Waals surface area (Å²) in [4.78, 5) is 17.0. The first-order valence-corrected chi connectivity index (χ1v) is 9.99. The van der Waals surface area contributed by atoms with E-state index in [1.54, 1.807) is 41.7 Å². The van der Waals surface area contributed by atoms with Gasteiger partial charge in [-0.15, -0.1) is 11.3 Å². The molecule has 0 atom stereocenters. The Kier molecular flexibility index (Phi) is 5.47. The lowest BCUT2D eigenvalue weighted by Crippen LogP contribution is -1.87. The highest BCUT2D eigenvalue weighted by Crippen LogP contribution is 2.32. The van der Waals surface area contributed by atoms with Crippen LogP contribution in [-0.2, 0) is 4.79 Å². The number of aromatic nitrogens is 1. The maximum Gasteiger partial charge on any atom is 0.178 e. The molecule has 1 heterocycles. The second kappa shape index (κ2) is 8.34. The first-order valence-electron chi connectivity index (χ1n) is 8.80. The number of nitrogens with zero attached hydrogens (tertiary/aromatic N) is 1. The highest BCUT2D eigenvalue weighted by molar-refractivity contribution is 7.21.